The first-order valence-corrected chi connectivity index (χ1v) is 5.91. The van der Waals surface area contributed by atoms with Crippen molar-refractivity contribution in [1.29, 1.82) is 0 Å². The lowest BCUT2D eigenvalue weighted by Gasteiger charge is -2.38. The zero-order valence-electron chi connectivity index (χ0n) is 9.61. The lowest BCUT2D eigenvalue weighted by atomic mass is 9.81. The summed E-state index contributed by atoms with van der Waals surface area (Å²) in [6.07, 6.45) is -1.29. The lowest BCUT2D eigenvalue weighted by Crippen LogP contribution is -2.58. The molecule has 4 atom stereocenters. The molecule has 5 heteroatoms. The second-order valence-electron chi connectivity index (χ2n) is 4.80. The summed E-state index contributed by atoms with van der Waals surface area (Å²) in [5, 5.41) is 43.6. The Morgan fingerprint density at radius 2 is 1.89 bits per heavy atom. The summed E-state index contributed by atoms with van der Waals surface area (Å²) in [4.78, 5) is 0. The zero-order valence-corrected chi connectivity index (χ0v) is 9.61. The number of rotatable bonds is 0. The van der Waals surface area contributed by atoms with Gasteiger partial charge in [-0.1, -0.05) is 12.1 Å². The molecule has 18 heavy (non-hydrogen) atoms. The minimum atomic E-state index is -1.15. The highest BCUT2D eigenvalue weighted by molar-refractivity contribution is 5.60. The van der Waals surface area contributed by atoms with Crippen LogP contribution in [0.2, 0.25) is 0 Å². The SMILES string of the molecule is Oc1cccc2c1=CNC1C=2CC(O)C(O)C1O. The van der Waals surface area contributed by atoms with Crippen LogP contribution in [0.1, 0.15) is 6.42 Å². The lowest BCUT2D eigenvalue weighted by molar-refractivity contribution is -0.0740. The Labute approximate surface area is 103 Å². The number of nitrogens with one attached hydrogen (secondary N) is 1. The Bertz CT molecular complexity index is 597. The fourth-order valence-electron chi connectivity index (χ4n) is 2.74. The molecule has 4 unspecified atom stereocenters. The molecular formula is C13H15NO4. The minimum absolute atomic E-state index is 0.154. The molecule has 2 aliphatic rings. The molecule has 3 rings (SSSR count). The largest absolute Gasteiger partial charge is 0.507 e. The highest BCUT2D eigenvalue weighted by Gasteiger charge is 2.40. The zero-order chi connectivity index (χ0) is 12.9. The van der Waals surface area contributed by atoms with Crippen LogP contribution in [0.4, 0.5) is 0 Å². The van der Waals surface area contributed by atoms with Crippen LogP contribution in [0.5, 0.6) is 5.75 Å². The number of phenols is 1. The summed E-state index contributed by atoms with van der Waals surface area (Å²) in [5.41, 5.74) is 0.814. The van der Waals surface area contributed by atoms with Crippen molar-refractivity contribution in [3.63, 3.8) is 0 Å². The van der Waals surface area contributed by atoms with Crippen molar-refractivity contribution in [1.82, 2.24) is 5.32 Å². The number of aliphatic hydroxyl groups is 3. The third kappa shape index (κ3) is 1.52. The van der Waals surface area contributed by atoms with E-state index in [9.17, 15) is 20.4 Å². The van der Waals surface area contributed by atoms with Crippen molar-refractivity contribution in [3.8, 4) is 5.75 Å². The average molecular weight is 249 g/mol. The Balaban J connectivity index is 2.23. The van der Waals surface area contributed by atoms with Crippen LogP contribution in [0.15, 0.2) is 18.2 Å². The van der Waals surface area contributed by atoms with Gasteiger partial charge in [-0.3, -0.25) is 0 Å². The van der Waals surface area contributed by atoms with Gasteiger partial charge < -0.3 is 25.7 Å². The van der Waals surface area contributed by atoms with E-state index < -0.39 is 24.4 Å². The second kappa shape index (κ2) is 3.98. The molecule has 5 N–H and O–H groups in total. The van der Waals surface area contributed by atoms with Gasteiger partial charge >= 0.3 is 0 Å². The van der Waals surface area contributed by atoms with Crippen LogP contribution < -0.4 is 15.8 Å². The number of benzene rings is 1. The molecule has 5 nitrogen and oxygen atoms in total. The Hall–Kier alpha value is -1.56. The predicted molar refractivity (Wildman–Crippen MR) is 64.8 cm³/mol. The number of aliphatic hydroxyl groups excluding tert-OH is 3. The number of fused-ring (bicyclic) bond motifs is 2. The molecule has 0 bridgehead atoms. The van der Waals surface area contributed by atoms with Crippen molar-refractivity contribution >= 4 is 11.8 Å². The fourth-order valence-corrected chi connectivity index (χ4v) is 2.74. The smallest absolute Gasteiger partial charge is 0.124 e. The van der Waals surface area contributed by atoms with Crippen molar-refractivity contribution in [2.45, 2.75) is 30.8 Å². The molecule has 1 heterocycles. The van der Waals surface area contributed by atoms with Gasteiger partial charge in [0.1, 0.15) is 18.0 Å². The topological polar surface area (TPSA) is 93.0 Å². The van der Waals surface area contributed by atoms with E-state index >= 15 is 0 Å². The molecule has 0 radical (unpaired) electrons. The number of hydrogen-bond donors (Lipinski definition) is 5. The molecule has 0 amide bonds. The van der Waals surface area contributed by atoms with E-state index in [1.807, 2.05) is 6.07 Å². The van der Waals surface area contributed by atoms with Crippen LogP contribution in [0, 0.1) is 0 Å². The van der Waals surface area contributed by atoms with Crippen LogP contribution in [0.25, 0.3) is 11.8 Å². The molecule has 0 spiro atoms. The van der Waals surface area contributed by atoms with Gasteiger partial charge in [0.15, 0.2) is 0 Å². The van der Waals surface area contributed by atoms with Gasteiger partial charge in [0.05, 0.1) is 12.1 Å². The molecule has 1 aromatic carbocycles. The molecule has 1 saturated carbocycles. The third-order valence-electron chi connectivity index (χ3n) is 3.73. The molecule has 1 aliphatic carbocycles. The first kappa shape index (κ1) is 11.5. The van der Waals surface area contributed by atoms with Crippen LogP contribution >= 0.6 is 0 Å². The highest BCUT2D eigenvalue weighted by Crippen LogP contribution is 2.26. The molecule has 1 fully saturated rings. The molecule has 1 aromatic rings. The van der Waals surface area contributed by atoms with E-state index in [-0.39, 0.29) is 12.2 Å². The molecule has 96 valence electrons. The van der Waals surface area contributed by atoms with E-state index in [0.29, 0.717) is 5.22 Å². The maximum atomic E-state index is 9.96. The van der Waals surface area contributed by atoms with E-state index in [0.717, 1.165) is 10.8 Å². The van der Waals surface area contributed by atoms with Gasteiger partial charge in [-0.05, 0) is 23.3 Å². The summed E-state index contributed by atoms with van der Waals surface area (Å²) in [5.74, 6) is 0.154. The highest BCUT2D eigenvalue weighted by atomic mass is 16.4. The summed E-state index contributed by atoms with van der Waals surface area (Å²) >= 11 is 0. The predicted octanol–water partition coefficient (Wildman–Crippen LogP) is -2.26. The van der Waals surface area contributed by atoms with Crippen molar-refractivity contribution < 1.29 is 20.4 Å². The number of aromatic hydroxyl groups is 1. The average Bonchev–Trinajstić information content (AvgIpc) is 2.36. The maximum Gasteiger partial charge on any atom is 0.124 e. The quantitative estimate of drug-likeness (QED) is 0.358. The first-order chi connectivity index (χ1) is 8.59. The van der Waals surface area contributed by atoms with Gasteiger partial charge in [-0.2, -0.15) is 0 Å². The van der Waals surface area contributed by atoms with E-state index in [1.165, 1.54) is 0 Å². The minimum Gasteiger partial charge on any atom is -0.507 e. The van der Waals surface area contributed by atoms with Gasteiger partial charge in [-0.15, -0.1) is 0 Å². The monoisotopic (exact) mass is 249 g/mol. The van der Waals surface area contributed by atoms with E-state index in [1.54, 1.807) is 18.3 Å². The van der Waals surface area contributed by atoms with Crippen molar-refractivity contribution in [2.24, 2.45) is 0 Å². The van der Waals surface area contributed by atoms with Crippen LogP contribution in [-0.4, -0.2) is 44.8 Å². The summed E-state index contributed by atoms with van der Waals surface area (Å²) in [7, 11) is 0. The van der Waals surface area contributed by atoms with Gasteiger partial charge in [0.2, 0.25) is 0 Å². The summed E-state index contributed by atoms with van der Waals surface area (Å²) in [6, 6.07) is 4.73. The van der Waals surface area contributed by atoms with Crippen LogP contribution in [-0.2, 0) is 0 Å². The molecule has 0 saturated heterocycles. The third-order valence-corrected chi connectivity index (χ3v) is 3.73. The Kier molecular flexibility index (Phi) is 2.55. The van der Waals surface area contributed by atoms with E-state index in [4.69, 9.17) is 0 Å². The molecule has 0 aromatic heterocycles. The normalized spacial score (nSPS) is 34.1. The van der Waals surface area contributed by atoms with Crippen LogP contribution in [0.3, 0.4) is 0 Å². The first-order valence-electron chi connectivity index (χ1n) is 5.91. The molecule has 1 aliphatic heterocycles. The maximum absolute atomic E-state index is 9.96. The Morgan fingerprint density at radius 3 is 2.67 bits per heavy atom. The molecular weight excluding hydrogens is 234 g/mol. The standard InChI is InChI=1S/C13H15NO4/c15-9-3-1-2-6-7-4-10(16)12(17)13(18)11(7)14-5-8(6)9/h1-3,5,10-18H,4H2. The second-order valence-corrected chi connectivity index (χ2v) is 4.80. The Morgan fingerprint density at radius 1 is 1.11 bits per heavy atom. The van der Waals surface area contributed by atoms with Crippen molar-refractivity contribution in [2.75, 3.05) is 0 Å². The number of hydrogen-bond acceptors (Lipinski definition) is 5. The summed E-state index contributed by atoms with van der Waals surface area (Å²) < 4.78 is 0. The fraction of sp³-hybridized carbons (Fsp3) is 0.385. The van der Waals surface area contributed by atoms with E-state index in [2.05, 4.69) is 5.32 Å². The number of phenolic OH excluding ortho intramolecular Hbond substituents is 1. The van der Waals surface area contributed by atoms with Crippen molar-refractivity contribution in [3.05, 3.63) is 28.6 Å². The van der Waals surface area contributed by atoms with Gasteiger partial charge in [0, 0.05) is 11.4 Å². The summed E-state index contributed by atoms with van der Waals surface area (Å²) in [6.45, 7) is 0. The van der Waals surface area contributed by atoms with Gasteiger partial charge in [-0.25, -0.2) is 0 Å². The van der Waals surface area contributed by atoms with Gasteiger partial charge in [0.25, 0.3) is 0 Å².